The predicted molar refractivity (Wildman–Crippen MR) is 123 cm³/mol. The average molecular weight is 459 g/mol. The van der Waals surface area contributed by atoms with Crippen molar-refractivity contribution in [1.29, 1.82) is 0 Å². The van der Waals surface area contributed by atoms with Crippen LogP contribution in [0.4, 0.5) is 11.5 Å². The lowest BCUT2D eigenvalue weighted by Gasteiger charge is -2.24. The number of carbonyl (C=O) groups excluding carboxylic acids is 1. The Kier molecular flexibility index (Phi) is 7.87. The van der Waals surface area contributed by atoms with Gasteiger partial charge in [-0.1, -0.05) is 48.8 Å². The Balaban J connectivity index is 1.91. The summed E-state index contributed by atoms with van der Waals surface area (Å²) < 4.78 is 6.25. The third kappa shape index (κ3) is 5.67. The number of anilines is 2. The lowest BCUT2D eigenvalue weighted by atomic mass is 10.2. The van der Waals surface area contributed by atoms with Crippen molar-refractivity contribution in [2.45, 2.75) is 45.5 Å². The van der Waals surface area contributed by atoms with E-state index in [1.807, 2.05) is 37.3 Å². The van der Waals surface area contributed by atoms with Crippen LogP contribution >= 0.6 is 11.8 Å². The Hall–Kier alpha value is -3.34. The van der Waals surface area contributed by atoms with Crippen LogP contribution in [0.5, 0.6) is 0 Å². The maximum atomic E-state index is 13.2. The van der Waals surface area contributed by atoms with Gasteiger partial charge in [-0.25, -0.2) is 4.79 Å². The summed E-state index contributed by atoms with van der Waals surface area (Å²) in [5.74, 6) is 1.04. The summed E-state index contributed by atoms with van der Waals surface area (Å²) in [5.41, 5.74) is 5.78. The first kappa shape index (κ1) is 23.3. The molecule has 0 bridgehead atoms. The molecule has 3 N–H and O–H groups in total. The lowest BCUT2D eigenvalue weighted by molar-refractivity contribution is -0.116. The van der Waals surface area contributed by atoms with Crippen molar-refractivity contribution in [2.75, 3.05) is 16.4 Å². The van der Waals surface area contributed by atoms with Gasteiger partial charge in [0, 0.05) is 13.5 Å². The molecule has 3 rings (SSSR count). The van der Waals surface area contributed by atoms with E-state index in [9.17, 15) is 14.4 Å². The smallest absolute Gasteiger partial charge is 0.330 e. The molecule has 0 saturated heterocycles. The highest BCUT2D eigenvalue weighted by Gasteiger charge is 2.24. The van der Waals surface area contributed by atoms with E-state index in [1.54, 1.807) is 6.92 Å². The number of amides is 1. The van der Waals surface area contributed by atoms with Crippen LogP contribution in [0.25, 0.3) is 0 Å². The highest BCUT2D eigenvalue weighted by atomic mass is 32.2. The number of aromatic nitrogens is 4. The van der Waals surface area contributed by atoms with E-state index in [0.717, 1.165) is 12.0 Å². The van der Waals surface area contributed by atoms with Crippen molar-refractivity contribution in [2.24, 2.45) is 0 Å². The zero-order chi connectivity index (χ0) is 23.1. The quantitative estimate of drug-likeness (QED) is 0.470. The van der Waals surface area contributed by atoms with Gasteiger partial charge in [-0.3, -0.25) is 24.0 Å². The number of nitrogens with two attached hydrogens (primary N) is 1. The molecule has 3 aromatic rings. The number of rotatable bonds is 10. The SMILES string of the molecule is CCCCn1c(N)c(N(Cc2ccccc2)C(=O)CSCc2noc(C)n2)c(=O)[nH]c1=O. The van der Waals surface area contributed by atoms with Crippen molar-refractivity contribution in [3.63, 3.8) is 0 Å². The molecule has 1 aromatic carbocycles. The van der Waals surface area contributed by atoms with Gasteiger partial charge in [0.2, 0.25) is 11.8 Å². The molecule has 2 heterocycles. The first-order valence-corrected chi connectivity index (χ1v) is 11.4. The van der Waals surface area contributed by atoms with Gasteiger partial charge >= 0.3 is 5.69 Å². The number of unbranched alkanes of at least 4 members (excludes halogenated alkanes) is 1. The van der Waals surface area contributed by atoms with Gasteiger partial charge in [0.1, 0.15) is 5.82 Å². The molecule has 0 unspecified atom stereocenters. The Morgan fingerprint density at radius 2 is 2.03 bits per heavy atom. The maximum absolute atomic E-state index is 13.2. The van der Waals surface area contributed by atoms with Crippen molar-refractivity contribution < 1.29 is 9.32 Å². The third-order valence-corrected chi connectivity index (χ3v) is 5.64. The largest absolute Gasteiger partial charge is 0.383 e. The van der Waals surface area contributed by atoms with E-state index >= 15 is 0 Å². The minimum Gasteiger partial charge on any atom is -0.383 e. The van der Waals surface area contributed by atoms with Crippen LogP contribution < -0.4 is 21.9 Å². The molecule has 170 valence electrons. The number of hydrogen-bond donors (Lipinski definition) is 2. The number of aryl methyl sites for hydroxylation is 1. The van der Waals surface area contributed by atoms with E-state index < -0.39 is 11.2 Å². The average Bonchev–Trinajstić information content (AvgIpc) is 3.18. The number of thioether (sulfide) groups is 1. The Labute approximate surface area is 188 Å². The number of nitrogen functional groups attached to an aromatic ring is 1. The number of nitrogens with one attached hydrogen (secondary N) is 1. The summed E-state index contributed by atoms with van der Waals surface area (Å²) in [6, 6.07) is 9.27. The van der Waals surface area contributed by atoms with Gasteiger partial charge in [0.25, 0.3) is 5.56 Å². The standard InChI is InChI=1S/C21H26N6O4S/c1-3-4-10-26-19(22)18(20(29)24-21(26)30)27(11-15-8-6-5-7-9-15)17(28)13-32-12-16-23-14(2)31-25-16/h5-9H,3-4,10-13,22H2,1-2H3,(H,24,29,30). The lowest BCUT2D eigenvalue weighted by Crippen LogP contribution is -2.41. The molecule has 2 aromatic heterocycles. The number of hydrogen-bond acceptors (Lipinski definition) is 8. The second-order valence-electron chi connectivity index (χ2n) is 7.19. The van der Waals surface area contributed by atoms with Crippen molar-refractivity contribution in [1.82, 2.24) is 19.7 Å². The Morgan fingerprint density at radius 1 is 1.28 bits per heavy atom. The number of carbonyl (C=O) groups is 1. The van der Waals surface area contributed by atoms with E-state index in [1.165, 1.54) is 21.2 Å². The highest BCUT2D eigenvalue weighted by molar-refractivity contribution is 7.99. The summed E-state index contributed by atoms with van der Waals surface area (Å²) in [6.07, 6.45) is 1.56. The zero-order valence-corrected chi connectivity index (χ0v) is 18.9. The molecule has 11 heteroatoms. The molecule has 0 fully saturated rings. The van der Waals surface area contributed by atoms with E-state index in [-0.39, 0.29) is 29.7 Å². The van der Waals surface area contributed by atoms with Crippen molar-refractivity contribution >= 4 is 29.2 Å². The van der Waals surface area contributed by atoms with Gasteiger partial charge in [-0.05, 0) is 12.0 Å². The molecule has 0 aliphatic carbocycles. The van der Waals surface area contributed by atoms with Crippen LogP contribution in [0.2, 0.25) is 0 Å². The van der Waals surface area contributed by atoms with E-state index in [0.29, 0.717) is 30.4 Å². The molecule has 0 atom stereocenters. The summed E-state index contributed by atoms with van der Waals surface area (Å²) in [6.45, 7) is 4.17. The summed E-state index contributed by atoms with van der Waals surface area (Å²) >= 11 is 1.30. The first-order valence-electron chi connectivity index (χ1n) is 10.2. The van der Waals surface area contributed by atoms with Crippen LogP contribution in [0.1, 0.15) is 37.0 Å². The van der Waals surface area contributed by atoms with Gasteiger partial charge in [-0.2, -0.15) is 4.98 Å². The molecule has 0 radical (unpaired) electrons. The summed E-state index contributed by atoms with van der Waals surface area (Å²) in [7, 11) is 0. The van der Waals surface area contributed by atoms with Crippen LogP contribution in [0.3, 0.4) is 0 Å². The highest BCUT2D eigenvalue weighted by Crippen LogP contribution is 2.22. The van der Waals surface area contributed by atoms with Crippen molar-refractivity contribution in [3.8, 4) is 0 Å². The van der Waals surface area contributed by atoms with Crippen molar-refractivity contribution in [3.05, 3.63) is 68.4 Å². The number of nitrogens with zero attached hydrogens (tertiary/aromatic N) is 4. The fourth-order valence-electron chi connectivity index (χ4n) is 3.14. The fraction of sp³-hybridized carbons (Fsp3) is 0.381. The number of aromatic amines is 1. The van der Waals surface area contributed by atoms with E-state index in [2.05, 4.69) is 15.1 Å². The number of benzene rings is 1. The van der Waals surface area contributed by atoms with E-state index in [4.69, 9.17) is 10.3 Å². The Bertz CT molecular complexity index is 1170. The number of H-pyrrole nitrogens is 1. The monoisotopic (exact) mass is 458 g/mol. The molecule has 0 saturated carbocycles. The molecular weight excluding hydrogens is 432 g/mol. The predicted octanol–water partition coefficient (Wildman–Crippen LogP) is 2.08. The topological polar surface area (TPSA) is 140 Å². The maximum Gasteiger partial charge on any atom is 0.330 e. The van der Waals surface area contributed by atoms with Gasteiger partial charge in [0.15, 0.2) is 11.5 Å². The van der Waals surface area contributed by atoms with Gasteiger partial charge < -0.3 is 10.3 Å². The van der Waals surface area contributed by atoms with Crippen LogP contribution in [0.15, 0.2) is 44.4 Å². The third-order valence-electron chi connectivity index (χ3n) is 4.73. The molecule has 0 spiro atoms. The molecule has 10 nitrogen and oxygen atoms in total. The second kappa shape index (κ2) is 10.8. The molecule has 32 heavy (non-hydrogen) atoms. The van der Waals surface area contributed by atoms with Crippen LogP contribution in [-0.2, 0) is 23.6 Å². The summed E-state index contributed by atoms with van der Waals surface area (Å²) in [4.78, 5) is 46.0. The van der Waals surface area contributed by atoms with Gasteiger partial charge in [-0.15, -0.1) is 11.8 Å². The van der Waals surface area contributed by atoms with Crippen LogP contribution in [-0.4, -0.2) is 31.4 Å². The second-order valence-corrected chi connectivity index (χ2v) is 8.17. The fourth-order valence-corrected chi connectivity index (χ4v) is 3.87. The molecule has 0 aliphatic heterocycles. The zero-order valence-electron chi connectivity index (χ0n) is 18.0. The Morgan fingerprint density at radius 3 is 2.69 bits per heavy atom. The van der Waals surface area contributed by atoms with Gasteiger partial charge in [0.05, 0.1) is 18.1 Å². The normalized spacial score (nSPS) is 10.9. The molecular formula is C21H26N6O4S. The van der Waals surface area contributed by atoms with Crippen LogP contribution in [0, 0.1) is 6.92 Å². The molecule has 0 aliphatic rings. The summed E-state index contributed by atoms with van der Waals surface area (Å²) in [5, 5.41) is 3.82. The minimum absolute atomic E-state index is 0.0183. The molecule has 1 amide bonds. The first-order chi connectivity index (χ1) is 15.4. The minimum atomic E-state index is -0.691.